The molecular weight excluding hydrogens is 120 g/mol. The highest BCUT2D eigenvalue weighted by Crippen LogP contribution is 2.07. The van der Waals surface area contributed by atoms with Crippen molar-refractivity contribution in [2.75, 3.05) is 0 Å². The van der Waals surface area contributed by atoms with Crippen LogP contribution in [0, 0.1) is 0 Å². The van der Waals surface area contributed by atoms with Gasteiger partial charge in [0.2, 0.25) is 0 Å². The molecule has 1 aliphatic rings. The molecule has 0 spiro atoms. The van der Waals surface area contributed by atoms with Gasteiger partial charge >= 0.3 is 0 Å². The van der Waals surface area contributed by atoms with Crippen LogP contribution >= 0.6 is 0 Å². The number of carbonyl (C=O) groups excluding carboxylic acids is 1. The average Bonchev–Trinajstić information content (AvgIpc) is 1.83. The van der Waals surface area contributed by atoms with Gasteiger partial charge in [0.05, 0.1) is 6.10 Å². The fourth-order valence-corrected chi connectivity index (χ4v) is 0.741. The lowest BCUT2D eigenvalue weighted by Gasteiger charge is -2.16. The van der Waals surface area contributed by atoms with E-state index in [2.05, 4.69) is 0 Å². The van der Waals surface area contributed by atoms with E-state index >= 15 is 0 Å². The van der Waals surface area contributed by atoms with Crippen LogP contribution in [0.1, 0.15) is 6.42 Å². The van der Waals surface area contributed by atoms with Gasteiger partial charge in [-0.25, -0.2) is 0 Å². The van der Waals surface area contributed by atoms with Crippen LogP contribution < -0.4 is 0 Å². The van der Waals surface area contributed by atoms with E-state index in [9.17, 15) is 4.79 Å². The summed E-state index contributed by atoms with van der Waals surface area (Å²) in [6.07, 6.45) is 1.11. The van der Waals surface area contributed by atoms with Crippen molar-refractivity contribution in [2.24, 2.45) is 0 Å². The lowest BCUT2D eigenvalue weighted by molar-refractivity contribution is -0.128. The van der Waals surface area contributed by atoms with Crippen molar-refractivity contribution in [3.8, 4) is 0 Å². The van der Waals surface area contributed by atoms with Gasteiger partial charge in [-0.05, 0) is 12.5 Å². The van der Waals surface area contributed by atoms with Crippen LogP contribution in [0.15, 0.2) is 12.2 Å². The quantitative estimate of drug-likeness (QED) is 0.450. The van der Waals surface area contributed by atoms with Gasteiger partial charge in [0.1, 0.15) is 6.10 Å². The number of carbonyl (C=O) groups is 1. The predicted octanol–water partition coefficient (Wildman–Crippen LogP) is -0.763. The lowest BCUT2D eigenvalue weighted by atomic mass is 10.0. The van der Waals surface area contributed by atoms with Crippen LogP contribution in [0.2, 0.25) is 0 Å². The minimum Gasteiger partial charge on any atom is -0.390 e. The number of aliphatic hydroxyl groups excluding tert-OH is 2. The second kappa shape index (κ2) is 2.29. The Kier molecular flexibility index (Phi) is 1.64. The highest BCUT2D eigenvalue weighted by molar-refractivity contribution is 5.94. The van der Waals surface area contributed by atoms with Crippen molar-refractivity contribution in [1.82, 2.24) is 0 Å². The largest absolute Gasteiger partial charge is 0.390 e. The number of ketones is 1. The Balaban J connectivity index is 2.69. The maximum absolute atomic E-state index is 10.5. The molecule has 0 saturated heterocycles. The molecule has 1 aliphatic carbocycles. The molecule has 0 fully saturated rings. The van der Waals surface area contributed by atoms with Crippen molar-refractivity contribution in [3.63, 3.8) is 0 Å². The molecule has 0 aliphatic heterocycles. The van der Waals surface area contributed by atoms with Crippen LogP contribution in [0.3, 0.4) is 0 Å². The molecule has 3 nitrogen and oxygen atoms in total. The standard InChI is InChI=1S/C6H8O3/c7-4-2-1-3-5(8)6(4)9/h1-2,5-6,8-9H,3H2. The minimum absolute atomic E-state index is 0.368. The van der Waals surface area contributed by atoms with E-state index in [-0.39, 0.29) is 0 Å². The lowest BCUT2D eigenvalue weighted by Crippen LogP contribution is -2.34. The Bertz CT molecular complexity index is 150. The van der Waals surface area contributed by atoms with Crippen molar-refractivity contribution in [1.29, 1.82) is 0 Å². The van der Waals surface area contributed by atoms with Gasteiger partial charge in [-0.2, -0.15) is 0 Å². The molecule has 2 atom stereocenters. The van der Waals surface area contributed by atoms with E-state index in [1.54, 1.807) is 6.08 Å². The molecule has 0 aromatic rings. The van der Waals surface area contributed by atoms with Gasteiger partial charge in [0.25, 0.3) is 0 Å². The van der Waals surface area contributed by atoms with Crippen molar-refractivity contribution in [2.45, 2.75) is 18.6 Å². The van der Waals surface area contributed by atoms with E-state index in [0.29, 0.717) is 6.42 Å². The number of hydrogen-bond acceptors (Lipinski definition) is 3. The molecule has 0 amide bonds. The predicted molar refractivity (Wildman–Crippen MR) is 30.8 cm³/mol. The highest BCUT2D eigenvalue weighted by Gasteiger charge is 2.23. The zero-order valence-electron chi connectivity index (χ0n) is 4.82. The molecule has 0 aromatic carbocycles. The topological polar surface area (TPSA) is 57.5 Å². The van der Waals surface area contributed by atoms with E-state index in [0.717, 1.165) is 0 Å². The molecule has 9 heavy (non-hydrogen) atoms. The first-order chi connectivity index (χ1) is 4.22. The summed E-state index contributed by atoms with van der Waals surface area (Å²) in [5, 5.41) is 17.6. The fraction of sp³-hybridized carbons (Fsp3) is 0.500. The van der Waals surface area contributed by atoms with E-state index in [1.807, 2.05) is 0 Å². The third kappa shape index (κ3) is 1.17. The third-order valence-electron chi connectivity index (χ3n) is 1.32. The van der Waals surface area contributed by atoms with Gasteiger partial charge in [-0.3, -0.25) is 4.79 Å². The number of hydrogen-bond donors (Lipinski definition) is 2. The van der Waals surface area contributed by atoms with Crippen LogP contribution in [-0.2, 0) is 4.79 Å². The smallest absolute Gasteiger partial charge is 0.186 e. The zero-order chi connectivity index (χ0) is 6.85. The molecule has 0 radical (unpaired) electrons. The summed E-state index contributed by atoms with van der Waals surface area (Å²) in [7, 11) is 0. The van der Waals surface area contributed by atoms with E-state index in [4.69, 9.17) is 10.2 Å². The van der Waals surface area contributed by atoms with Crippen molar-refractivity contribution < 1.29 is 15.0 Å². The molecule has 50 valence electrons. The summed E-state index contributed by atoms with van der Waals surface area (Å²) in [6, 6.07) is 0. The molecule has 0 aromatic heterocycles. The first-order valence-electron chi connectivity index (χ1n) is 2.78. The fourth-order valence-electron chi connectivity index (χ4n) is 0.741. The Hall–Kier alpha value is -0.670. The normalized spacial score (nSPS) is 35.1. The monoisotopic (exact) mass is 128 g/mol. The molecule has 3 heteroatoms. The number of aliphatic hydroxyl groups is 2. The van der Waals surface area contributed by atoms with Gasteiger partial charge in [-0.15, -0.1) is 0 Å². The minimum atomic E-state index is -1.20. The van der Waals surface area contributed by atoms with Gasteiger partial charge in [-0.1, -0.05) is 6.08 Å². The number of rotatable bonds is 0. The van der Waals surface area contributed by atoms with Crippen LogP contribution in [-0.4, -0.2) is 28.2 Å². The van der Waals surface area contributed by atoms with Crippen LogP contribution in [0.25, 0.3) is 0 Å². The molecule has 2 unspecified atom stereocenters. The summed E-state index contributed by atoms with van der Waals surface area (Å²) < 4.78 is 0. The van der Waals surface area contributed by atoms with E-state index in [1.165, 1.54) is 6.08 Å². The zero-order valence-corrected chi connectivity index (χ0v) is 4.82. The Morgan fingerprint density at radius 3 is 2.67 bits per heavy atom. The second-order valence-electron chi connectivity index (χ2n) is 2.05. The van der Waals surface area contributed by atoms with E-state index < -0.39 is 18.0 Å². The van der Waals surface area contributed by atoms with Gasteiger partial charge in [0.15, 0.2) is 5.78 Å². The highest BCUT2D eigenvalue weighted by atomic mass is 16.3. The summed E-state index contributed by atoms with van der Waals surface area (Å²) >= 11 is 0. The third-order valence-corrected chi connectivity index (χ3v) is 1.32. The van der Waals surface area contributed by atoms with Crippen molar-refractivity contribution in [3.05, 3.63) is 12.2 Å². The molecule has 0 heterocycles. The van der Waals surface area contributed by atoms with Crippen LogP contribution in [0.4, 0.5) is 0 Å². The maximum Gasteiger partial charge on any atom is 0.186 e. The summed E-state index contributed by atoms with van der Waals surface area (Å²) in [6.45, 7) is 0. The summed E-state index contributed by atoms with van der Waals surface area (Å²) in [5.74, 6) is -0.409. The molecule has 2 N–H and O–H groups in total. The average molecular weight is 128 g/mol. The Morgan fingerprint density at radius 2 is 2.22 bits per heavy atom. The second-order valence-corrected chi connectivity index (χ2v) is 2.05. The maximum atomic E-state index is 10.5. The van der Waals surface area contributed by atoms with Crippen molar-refractivity contribution >= 4 is 5.78 Å². The van der Waals surface area contributed by atoms with Crippen LogP contribution in [0.5, 0.6) is 0 Å². The molecular formula is C6H8O3. The first kappa shape index (κ1) is 6.45. The molecule has 0 saturated carbocycles. The summed E-state index contributed by atoms with van der Waals surface area (Å²) in [4.78, 5) is 10.5. The SMILES string of the molecule is O=C1C=CCC(O)C1O. The molecule has 0 bridgehead atoms. The Labute approximate surface area is 52.6 Å². The van der Waals surface area contributed by atoms with Gasteiger partial charge < -0.3 is 10.2 Å². The van der Waals surface area contributed by atoms with Gasteiger partial charge in [0, 0.05) is 0 Å². The Morgan fingerprint density at radius 1 is 1.56 bits per heavy atom. The molecule has 1 rings (SSSR count). The first-order valence-corrected chi connectivity index (χ1v) is 2.78. The summed E-state index contributed by atoms with van der Waals surface area (Å²) in [5.41, 5.74) is 0.